The highest BCUT2D eigenvalue weighted by molar-refractivity contribution is 5.73. The molecule has 0 aliphatic rings. The number of esters is 1. The number of nitrogens with two attached hydrogens (primary N) is 1. The van der Waals surface area contributed by atoms with Gasteiger partial charge in [-0.1, -0.05) is 0 Å². The van der Waals surface area contributed by atoms with E-state index >= 15 is 0 Å². The monoisotopic (exact) mass is 177 g/mol. The van der Waals surface area contributed by atoms with E-state index < -0.39 is 23.9 Å². The van der Waals surface area contributed by atoms with Crippen molar-refractivity contribution in [2.75, 3.05) is 0 Å². The third-order valence-corrected chi connectivity index (χ3v) is 1.21. The molecule has 0 aliphatic carbocycles. The number of carbonyl (C=O) groups is 1. The topological polar surface area (TPSA) is 92.8 Å². The number of rotatable bonds is 3. The van der Waals surface area contributed by atoms with E-state index in [1.54, 1.807) is 0 Å². The van der Waals surface area contributed by atoms with Crippen LogP contribution in [0.1, 0.15) is 20.8 Å². The number of aliphatic hydroxyl groups excluding tert-OH is 2. The van der Waals surface area contributed by atoms with Gasteiger partial charge in [0.25, 0.3) is 0 Å². The summed E-state index contributed by atoms with van der Waals surface area (Å²) >= 11 is 0. The molecular weight excluding hydrogens is 162 g/mol. The Bertz CT molecular complexity index is 161. The summed E-state index contributed by atoms with van der Waals surface area (Å²) in [5.74, 6) is -0.888. The van der Waals surface area contributed by atoms with Crippen LogP contribution < -0.4 is 5.73 Å². The van der Waals surface area contributed by atoms with Crippen LogP contribution in [-0.4, -0.2) is 34.1 Å². The van der Waals surface area contributed by atoms with Gasteiger partial charge < -0.3 is 20.7 Å². The largest absolute Gasteiger partial charge is 0.432 e. The molecule has 5 heteroatoms. The standard InChI is InChI=1S/C7H15NO4/c1-4(9)5(10)12-6(11)7(2,3)8/h4,6,9,11H,8H2,1-3H3. The Balaban J connectivity index is 4.02. The van der Waals surface area contributed by atoms with E-state index in [-0.39, 0.29) is 0 Å². The predicted molar refractivity (Wildman–Crippen MR) is 42.0 cm³/mol. The maximum absolute atomic E-state index is 10.7. The molecule has 0 bridgehead atoms. The molecule has 2 unspecified atom stereocenters. The van der Waals surface area contributed by atoms with E-state index in [1.807, 2.05) is 0 Å². The average Bonchev–Trinajstić information content (AvgIpc) is 1.85. The Morgan fingerprint density at radius 1 is 1.50 bits per heavy atom. The van der Waals surface area contributed by atoms with Crippen LogP contribution in [0.3, 0.4) is 0 Å². The summed E-state index contributed by atoms with van der Waals surface area (Å²) in [7, 11) is 0. The van der Waals surface area contributed by atoms with Crippen molar-refractivity contribution < 1.29 is 19.7 Å². The molecular formula is C7H15NO4. The van der Waals surface area contributed by atoms with Crippen molar-refractivity contribution in [3.8, 4) is 0 Å². The Morgan fingerprint density at radius 2 is 1.92 bits per heavy atom. The van der Waals surface area contributed by atoms with Crippen molar-refractivity contribution >= 4 is 5.97 Å². The van der Waals surface area contributed by atoms with Crippen molar-refractivity contribution in [1.29, 1.82) is 0 Å². The molecule has 0 heterocycles. The normalized spacial score (nSPS) is 16.8. The van der Waals surface area contributed by atoms with Crippen LogP contribution in [0.25, 0.3) is 0 Å². The number of ether oxygens (including phenoxy) is 1. The minimum absolute atomic E-state index is 0.888. The van der Waals surface area contributed by atoms with Crippen molar-refractivity contribution in [3.63, 3.8) is 0 Å². The van der Waals surface area contributed by atoms with Crippen molar-refractivity contribution in [1.82, 2.24) is 0 Å². The summed E-state index contributed by atoms with van der Waals surface area (Å²) in [6.07, 6.45) is -2.65. The quantitative estimate of drug-likeness (QED) is 0.378. The molecule has 0 rings (SSSR count). The van der Waals surface area contributed by atoms with Crippen LogP contribution in [-0.2, 0) is 9.53 Å². The lowest BCUT2D eigenvalue weighted by atomic mass is 10.1. The molecule has 0 aromatic heterocycles. The molecule has 72 valence electrons. The van der Waals surface area contributed by atoms with E-state index in [4.69, 9.17) is 15.9 Å². The van der Waals surface area contributed by atoms with E-state index in [9.17, 15) is 4.79 Å². The minimum Gasteiger partial charge on any atom is -0.432 e. The molecule has 0 radical (unpaired) electrons. The summed E-state index contributed by atoms with van der Waals surface area (Å²) in [6.45, 7) is 4.26. The zero-order valence-corrected chi connectivity index (χ0v) is 7.44. The number of hydrogen-bond donors (Lipinski definition) is 3. The van der Waals surface area contributed by atoms with Crippen LogP contribution in [0.15, 0.2) is 0 Å². The van der Waals surface area contributed by atoms with Gasteiger partial charge in [-0.3, -0.25) is 0 Å². The van der Waals surface area contributed by atoms with Gasteiger partial charge in [0.2, 0.25) is 6.29 Å². The lowest BCUT2D eigenvalue weighted by Crippen LogP contribution is -2.48. The summed E-state index contributed by atoms with van der Waals surface area (Å²) in [5, 5.41) is 17.8. The highest BCUT2D eigenvalue weighted by Crippen LogP contribution is 2.06. The van der Waals surface area contributed by atoms with Gasteiger partial charge in [0.05, 0.1) is 5.54 Å². The minimum atomic E-state index is -1.40. The molecule has 0 saturated heterocycles. The molecule has 0 aliphatic heterocycles. The maximum Gasteiger partial charge on any atom is 0.337 e. The van der Waals surface area contributed by atoms with Gasteiger partial charge in [0, 0.05) is 0 Å². The molecule has 12 heavy (non-hydrogen) atoms. The molecule has 0 amide bonds. The van der Waals surface area contributed by atoms with Crippen LogP contribution in [0.2, 0.25) is 0 Å². The van der Waals surface area contributed by atoms with Gasteiger partial charge in [0.15, 0.2) is 0 Å². The Kier molecular flexibility index (Phi) is 3.63. The van der Waals surface area contributed by atoms with Gasteiger partial charge in [0.1, 0.15) is 6.10 Å². The first-order chi connectivity index (χ1) is 5.25. The fourth-order valence-corrected chi connectivity index (χ4v) is 0.360. The van der Waals surface area contributed by atoms with E-state index in [2.05, 4.69) is 4.74 Å². The van der Waals surface area contributed by atoms with Gasteiger partial charge in [-0.05, 0) is 20.8 Å². The molecule has 5 nitrogen and oxygen atoms in total. The number of aliphatic hydroxyl groups is 2. The first kappa shape index (κ1) is 11.4. The van der Waals surface area contributed by atoms with Crippen LogP contribution >= 0.6 is 0 Å². The second-order valence-electron chi connectivity index (χ2n) is 3.29. The molecule has 0 saturated carbocycles. The summed E-state index contributed by atoms with van der Waals surface area (Å²) in [4.78, 5) is 10.7. The molecule has 2 atom stereocenters. The van der Waals surface area contributed by atoms with Gasteiger partial charge in [-0.25, -0.2) is 4.79 Å². The van der Waals surface area contributed by atoms with Crippen molar-refractivity contribution in [2.45, 2.75) is 38.7 Å². The van der Waals surface area contributed by atoms with Crippen LogP contribution in [0.5, 0.6) is 0 Å². The van der Waals surface area contributed by atoms with E-state index in [0.717, 1.165) is 0 Å². The second-order valence-corrected chi connectivity index (χ2v) is 3.29. The Labute approximate surface area is 71.1 Å². The molecule has 0 spiro atoms. The third kappa shape index (κ3) is 3.66. The van der Waals surface area contributed by atoms with Gasteiger partial charge in [-0.2, -0.15) is 0 Å². The van der Waals surface area contributed by atoms with Gasteiger partial charge in [-0.15, -0.1) is 0 Å². The summed E-state index contributed by atoms with van der Waals surface area (Å²) < 4.78 is 4.42. The van der Waals surface area contributed by atoms with Crippen LogP contribution in [0.4, 0.5) is 0 Å². The van der Waals surface area contributed by atoms with Crippen molar-refractivity contribution in [2.24, 2.45) is 5.73 Å². The first-order valence-corrected chi connectivity index (χ1v) is 3.60. The molecule has 4 N–H and O–H groups in total. The maximum atomic E-state index is 10.7. The zero-order valence-electron chi connectivity index (χ0n) is 7.44. The smallest absolute Gasteiger partial charge is 0.337 e. The highest BCUT2D eigenvalue weighted by atomic mass is 16.6. The lowest BCUT2D eigenvalue weighted by Gasteiger charge is -2.25. The average molecular weight is 177 g/mol. The SMILES string of the molecule is CC(O)C(=O)OC(O)C(C)(C)N. The fraction of sp³-hybridized carbons (Fsp3) is 0.857. The summed E-state index contributed by atoms with van der Waals surface area (Å²) in [5.41, 5.74) is 4.40. The van der Waals surface area contributed by atoms with Crippen molar-refractivity contribution in [3.05, 3.63) is 0 Å². The van der Waals surface area contributed by atoms with E-state index in [0.29, 0.717) is 0 Å². The number of hydrogen-bond acceptors (Lipinski definition) is 5. The predicted octanol–water partition coefficient (Wildman–Crippen LogP) is -1.03. The third-order valence-electron chi connectivity index (χ3n) is 1.21. The first-order valence-electron chi connectivity index (χ1n) is 3.60. The lowest BCUT2D eigenvalue weighted by molar-refractivity contribution is -0.185. The van der Waals surface area contributed by atoms with Gasteiger partial charge >= 0.3 is 5.97 Å². The van der Waals surface area contributed by atoms with E-state index in [1.165, 1.54) is 20.8 Å². The van der Waals surface area contributed by atoms with Crippen LogP contribution in [0, 0.1) is 0 Å². The zero-order chi connectivity index (χ0) is 9.94. The molecule has 0 aromatic rings. The Hall–Kier alpha value is -0.650. The second kappa shape index (κ2) is 3.84. The molecule has 0 fully saturated rings. The highest BCUT2D eigenvalue weighted by Gasteiger charge is 2.27. The molecule has 0 aromatic carbocycles. The number of carbonyl (C=O) groups excluding carboxylic acids is 1. The fourth-order valence-electron chi connectivity index (χ4n) is 0.360. The Morgan fingerprint density at radius 3 is 2.17 bits per heavy atom. The summed E-state index contributed by atoms with van der Waals surface area (Å²) in [6, 6.07) is 0.